The van der Waals surface area contributed by atoms with Crippen LogP contribution in [0, 0.1) is 17.5 Å². The third kappa shape index (κ3) is 2.99. The van der Waals surface area contributed by atoms with Crippen molar-refractivity contribution in [3.05, 3.63) is 47.0 Å². The third-order valence-electron chi connectivity index (χ3n) is 4.95. The molecule has 150 valence electrons. The largest absolute Gasteiger partial charge is 0.377 e. The summed E-state index contributed by atoms with van der Waals surface area (Å²) in [4.78, 5) is 12.7. The Morgan fingerprint density at radius 3 is 2.46 bits per heavy atom. The number of amides is 1. The first-order valence-corrected chi connectivity index (χ1v) is 9.86. The molecule has 0 radical (unpaired) electrons. The highest BCUT2D eigenvalue weighted by Crippen LogP contribution is 2.34. The molecule has 2 N–H and O–H groups in total. The van der Waals surface area contributed by atoms with E-state index in [1.807, 2.05) is 0 Å². The van der Waals surface area contributed by atoms with E-state index in [4.69, 9.17) is 4.74 Å². The summed E-state index contributed by atoms with van der Waals surface area (Å²) in [5.41, 5.74) is -0.627. The minimum atomic E-state index is -3.87. The number of nitrogens with zero attached hydrogens (tertiary/aromatic N) is 1. The second-order valence-corrected chi connectivity index (χ2v) is 8.67. The lowest BCUT2D eigenvalue weighted by Crippen LogP contribution is -2.61. The molecular weight excluding hydrogens is 399 g/mol. The van der Waals surface area contributed by atoms with Crippen LogP contribution in [0.2, 0.25) is 0 Å². The van der Waals surface area contributed by atoms with Gasteiger partial charge in [0.15, 0.2) is 17.5 Å². The Morgan fingerprint density at radius 1 is 1.25 bits per heavy atom. The quantitative estimate of drug-likeness (QED) is 0.731. The van der Waals surface area contributed by atoms with Crippen LogP contribution in [0.5, 0.6) is 0 Å². The normalized spacial score (nSPS) is 19.6. The molecule has 11 heteroatoms. The fourth-order valence-electron chi connectivity index (χ4n) is 3.54. The second-order valence-electron chi connectivity index (χ2n) is 7.02. The van der Waals surface area contributed by atoms with Crippen LogP contribution in [-0.4, -0.2) is 37.6 Å². The van der Waals surface area contributed by atoms with E-state index in [9.17, 15) is 26.4 Å². The third-order valence-corrected chi connectivity index (χ3v) is 6.59. The van der Waals surface area contributed by atoms with Crippen molar-refractivity contribution < 1.29 is 31.1 Å². The van der Waals surface area contributed by atoms with Gasteiger partial charge in [-0.3, -0.25) is 4.79 Å². The first kappa shape index (κ1) is 19.0. The van der Waals surface area contributed by atoms with Gasteiger partial charge in [-0.2, -0.15) is 0 Å². The molecule has 28 heavy (non-hydrogen) atoms. The highest BCUT2D eigenvalue weighted by Gasteiger charge is 2.46. The minimum Gasteiger partial charge on any atom is -0.377 e. The average molecular weight is 415 g/mol. The summed E-state index contributed by atoms with van der Waals surface area (Å²) < 4.78 is 74.5. The zero-order valence-electron chi connectivity index (χ0n) is 14.7. The lowest BCUT2D eigenvalue weighted by molar-refractivity contribution is -0.0657. The van der Waals surface area contributed by atoms with Crippen LogP contribution in [0.15, 0.2) is 23.2 Å². The summed E-state index contributed by atoms with van der Waals surface area (Å²) in [6.07, 6.45) is 2.04. The van der Waals surface area contributed by atoms with Crippen LogP contribution in [0.4, 0.5) is 18.9 Å². The Kier molecular flexibility index (Phi) is 4.28. The molecule has 0 atom stereocenters. The SMILES string of the molecule is Cn1cc2c(c1C(=O)Nc1cc(F)c(F)c(F)c1)CCC1(COC1)NS2(=O)=O. The predicted molar refractivity (Wildman–Crippen MR) is 91.9 cm³/mol. The Balaban J connectivity index is 1.70. The predicted octanol–water partition coefficient (Wildman–Crippen LogP) is 1.69. The molecule has 1 aromatic carbocycles. The highest BCUT2D eigenvalue weighted by molar-refractivity contribution is 7.89. The van der Waals surface area contributed by atoms with Gasteiger partial charge in [0.05, 0.1) is 18.8 Å². The summed E-state index contributed by atoms with van der Waals surface area (Å²) in [6.45, 7) is 0.497. The fraction of sp³-hybridized carbons (Fsp3) is 0.353. The van der Waals surface area contributed by atoms with E-state index in [1.54, 1.807) is 0 Å². The number of hydrogen-bond donors (Lipinski definition) is 2. The van der Waals surface area contributed by atoms with Gasteiger partial charge in [-0.1, -0.05) is 0 Å². The highest BCUT2D eigenvalue weighted by atomic mass is 32.2. The second kappa shape index (κ2) is 6.33. The number of rotatable bonds is 2. The standard InChI is InChI=1S/C17H16F3N3O4S/c1-23-6-13-10(2-3-17(7-27-8-17)22-28(13,25)26)15(23)16(24)21-9-4-11(18)14(20)12(19)5-9/h4-6,22H,2-3,7-8H2,1H3,(H,21,24). The van der Waals surface area contributed by atoms with E-state index in [1.165, 1.54) is 17.8 Å². The molecular formula is C17H16F3N3O4S. The van der Waals surface area contributed by atoms with Crippen molar-refractivity contribution in [2.45, 2.75) is 23.3 Å². The van der Waals surface area contributed by atoms with Gasteiger partial charge in [0.2, 0.25) is 10.0 Å². The molecule has 0 bridgehead atoms. The van der Waals surface area contributed by atoms with Gasteiger partial charge in [-0.05, 0) is 12.8 Å². The van der Waals surface area contributed by atoms with Gasteiger partial charge in [0.1, 0.15) is 10.6 Å². The maximum absolute atomic E-state index is 13.4. The molecule has 7 nitrogen and oxygen atoms in total. The number of hydrogen-bond acceptors (Lipinski definition) is 4. The van der Waals surface area contributed by atoms with E-state index in [0.29, 0.717) is 30.5 Å². The van der Waals surface area contributed by atoms with Gasteiger partial charge < -0.3 is 14.6 Å². The summed E-state index contributed by atoms with van der Waals surface area (Å²) in [5, 5.41) is 2.29. The van der Waals surface area contributed by atoms with Crippen molar-refractivity contribution in [1.29, 1.82) is 0 Å². The molecule has 0 saturated carbocycles. The van der Waals surface area contributed by atoms with Crippen LogP contribution in [0.25, 0.3) is 0 Å². The van der Waals surface area contributed by atoms with Crippen LogP contribution >= 0.6 is 0 Å². The lowest BCUT2D eigenvalue weighted by atomic mass is 9.90. The van der Waals surface area contributed by atoms with Crippen molar-refractivity contribution in [1.82, 2.24) is 9.29 Å². The molecule has 2 aromatic rings. The van der Waals surface area contributed by atoms with Crippen molar-refractivity contribution in [2.75, 3.05) is 18.5 Å². The van der Waals surface area contributed by atoms with Crippen molar-refractivity contribution >= 4 is 21.6 Å². The molecule has 1 amide bonds. The van der Waals surface area contributed by atoms with Crippen molar-refractivity contribution in [2.24, 2.45) is 7.05 Å². The van der Waals surface area contributed by atoms with E-state index in [0.717, 1.165) is 0 Å². The Bertz CT molecular complexity index is 1070. The van der Waals surface area contributed by atoms with Gasteiger partial charge in [-0.15, -0.1) is 0 Å². The number of fused-ring (bicyclic) bond motifs is 1. The molecule has 2 aliphatic rings. The molecule has 4 rings (SSSR count). The van der Waals surface area contributed by atoms with Crippen molar-refractivity contribution in [3.63, 3.8) is 0 Å². The van der Waals surface area contributed by atoms with Gasteiger partial charge in [-0.25, -0.2) is 26.3 Å². The summed E-state index contributed by atoms with van der Waals surface area (Å²) in [7, 11) is -2.38. The maximum atomic E-state index is 13.4. The average Bonchev–Trinajstić information content (AvgIpc) is 2.86. The minimum absolute atomic E-state index is 0.0274. The molecule has 3 heterocycles. The van der Waals surface area contributed by atoms with Crippen LogP contribution in [0.3, 0.4) is 0 Å². The van der Waals surface area contributed by atoms with E-state index < -0.39 is 38.9 Å². The van der Waals surface area contributed by atoms with E-state index in [-0.39, 0.29) is 29.5 Å². The first-order chi connectivity index (χ1) is 13.1. The molecule has 0 aliphatic carbocycles. The Labute approximate surface area is 158 Å². The molecule has 2 aliphatic heterocycles. The number of benzene rings is 1. The summed E-state index contributed by atoms with van der Waals surface area (Å²) in [6, 6.07) is 1.30. The number of carbonyl (C=O) groups excluding carboxylic acids is 1. The molecule has 1 aromatic heterocycles. The number of carbonyl (C=O) groups is 1. The number of anilines is 1. The number of sulfonamides is 1. The van der Waals surface area contributed by atoms with Gasteiger partial charge >= 0.3 is 0 Å². The first-order valence-electron chi connectivity index (χ1n) is 8.38. The van der Waals surface area contributed by atoms with Crippen molar-refractivity contribution in [3.8, 4) is 0 Å². The molecule has 0 unspecified atom stereocenters. The number of aromatic nitrogens is 1. The van der Waals surface area contributed by atoms with E-state index >= 15 is 0 Å². The molecule has 1 saturated heterocycles. The van der Waals surface area contributed by atoms with Crippen LogP contribution in [0.1, 0.15) is 22.5 Å². The monoisotopic (exact) mass is 415 g/mol. The number of ether oxygens (including phenoxy) is 1. The maximum Gasteiger partial charge on any atom is 0.272 e. The Morgan fingerprint density at radius 2 is 1.89 bits per heavy atom. The Hall–Kier alpha value is -2.37. The lowest BCUT2D eigenvalue weighted by Gasteiger charge is -2.40. The zero-order valence-corrected chi connectivity index (χ0v) is 15.5. The topological polar surface area (TPSA) is 89.4 Å². The number of aryl methyl sites for hydroxylation is 1. The molecule has 1 fully saturated rings. The van der Waals surface area contributed by atoms with E-state index in [2.05, 4.69) is 10.0 Å². The number of halogens is 3. The van der Waals surface area contributed by atoms with Gasteiger partial charge in [0.25, 0.3) is 5.91 Å². The van der Waals surface area contributed by atoms with Crippen LogP contribution in [-0.2, 0) is 28.2 Å². The summed E-state index contributed by atoms with van der Waals surface area (Å²) in [5.74, 6) is -5.29. The smallest absolute Gasteiger partial charge is 0.272 e. The number of nitrogens with one attached hydrogen (secondary N) is 2. The zero-order chi connectivity index (χ0) is 20.3. The molecule has 1 spiro atoms. The summed E-state index contributed by atoms with van der Waals surface area (Å²) >= 11 is 0. The van der Waals surface area contributed by atoms with Gasteiger partial charge in [0, 0.05) is 36.6 Å². The fourth-order valence-corrected chi connectivity index (χ4v) is 5.26. The van der Waals surface area contributed by atoms with Crippen LogP contribution < -0.4 is 10.0 Å².